The highest BCUT2D eigenvalue weighted by atomic mass is 16.7. The number of fused-ring (bicyclic) bond motifs is 1. The number of amides is 2. The van der Waals surface area contributed by atoms with Crippen LogP contribution in [0.4, 0.5) is 4.79 Å². The molecule has 1 aliphatic rings. The number of nitrogens with one attached hydrogen (secondary N) is 1. The molecule has 0 saturated carbocycles. The van der Waals surface area contributed by atoms with Crippen LogP contribution >= 0.6 is 0 Å². The predicted octanol–water partition coefficient (Wildman–Crippen LogP) is 1.97. The molecule has 1 N–H and O–H groups in total. The van der Waals surface area contributed by atoms with Crippen LogP contribution in [-0.4, -0.2) is 54.7 Å². The van der Waals surface area contributed by atoms with Gasteiger partial charge in [0.25, 0.3) is 0 Å². The van der Waals surface area contributed by atoms with Crippen molar-refractivity contribution < 1.29 is 28.6 Å². The van der Waals surface area contributed by atoms with Crippen molar-refractivity contribution in [2.75, 3.05) is 20.4 Å². The third-order valence-electron chi connectivity index (χ3n) is 3.79. The van der Waals surface area contributed by atoms with E-state index in [4.69, 9.17) is 14.2 Å². The maximum absolute atomic E-state index is 12.6. The van der Waals surface area contributed by atoms with Gasteiger partial charge in [-0.1, -0.05) is 0 Å². The summed E-state index contributed by atoms with van der Waals surface area (Å²) in [5.74, 6) is 0.442. The molecule has 0 saturated heterocycles. The van der Waals surface area contributed by atoms with E-state index in [9.17, 15) is 14.4 Å². The molecular formula is C18H24N2O6. The van der Waals surface area contributed by atoms with Crippen molar-refractivity contribution in [1.29, 1.82) is 0 Å². The van der Waals surface area contributed by atoms with Crippen molar-refractivity contribution in [2.45, 2.75) is 39.3 Å². The van der Waals surface area contributed by atoms with Crippen LogP contribution in [-0.2, 0) is 9.53 Å². The first-order valence-corrected chi connectivity index (χ1v) is 8.25. The van der Waals surface area contributed by atoms with Crippen LogP contribution in [0.2, 0.25) is 0 Å². The fourth-order valence-corrected chi connectivity index (χ4v) is 2.27. The molecule has 142 valence electrons. The topological polar surface area (TPSA) is 94.2 Å². The highest BCUT2D eigenvalue weighted by molar-refractivity contribution is 6.02. The van der Waals surface area contributed by atoms with Crippen molar-refractivity contribution >= 4 is 17.8 Å². The number of nitrogens with zero attached hydrogens (tertiary/aromatic N) is 1. The van der Waals surface area contributed by atoms with Gasteiger partial charge in [0.05, 0.1) is 6.04 Å². The lowest BCUT2D eigenvalue weighted by atomic mass is 10.0. The molecule has 0 aromatic heterocycles. The zero-order valence-electron chi connectivity index (χ0n) is 15.6. The molecule has 0 aliphatic carbocycles. The van der Waals surface area contributed by atoms with Crippen molar-refractivity contribution in [3.63, 3.8) is 0 Å². The minimum atomic E-state index is -0.705. The number of hydrogen-bond acceptors (Lipinski definition) is 6. The summed E-state index contributed by atoms with van der Waals surface area (Å²) in [6.07, 6.45) is -0.686. The lowest BCUT2D eigenvalue weighted by Crippen LogP contribution is -2.46. The maximum atomic E-state index is 12.6. The van der Waals surface area contributed by atoms with Gasteiger partial charge in [-0.3, -0.25) is 9.59 Å². The molecule has 0 radical (unpaired) electrons. The van der Waals surface area contributed by atoms with E-state index < -0.39 is 23.6 Å². The van der Waals surface area contributed by atoms with E-state index in [1.807, 2.05) is 0 Å². The van der Waals surface area contributed by atoms with Crippen LogP contribution < -0.4 is 14.8 Å². The number of benzene rings is 1. The molecule has 8 heteroatoms. The van der Waals surface area contributed by atoms with E-state index in [2.05, 4.69) is 5.32 Å². The van der Waals surface area contributed by atoms with E-state index in [0.29, 0.717) is 17.1 Å². The first kappa shape index (κ1) is 19.6. The zero-order chi connectivity index (χ0) is 19.5. The minimum absolute atomic E-state index is 0.122. The molecule has 2 rings (SSSR count). The van der Waals surface area contributed by atoms with Gasteiger partial charge in [-0.05, 0) is 45.9 Å². The summed E-state index contributed by atoms with van der Waals surface area (Å²) < 4.78 is 15.6. The number of Topliss-reactive ketones (excluding diaryl/α,β-unsaturated/α-hetero) is 1. The van der Waals surface area contributed by atoms with E-state index in [0.717, 1.165) is 0 Å². The van der Waals surface area contributed by atoms with Gasteiger partial charge in [0.1, 0.15) is 12.1 Å². The molecule has 0 bridgehead atoms. The average molecular weight is 364 g/mol. The number of rotatable bonds is 5. The lowest BCUT2D eigenvalue weighted by molar-refractivity contribution is -0.130. The van der Waals surface area contributed by atoms with E-state index in [1.54, 1.807) is 45.9 Å². The zero-order valence-corrected chi connectivity index (χ0v) is 15.6. The van der Waals surface area contributed by atoms with Crippen molar-refractivity contribution in [3.05, 3.63) is 23.8 Å². The Morgan fingerprint density at radius 3 is 2.54 bits per heavy atom. The number of carbonyl (C=O) groups excluding carboxylic acids is 3. The SMILES string of the molecule is CC(C(=O)c1ccc2c(c1)OCO2)N(C)C(=O)CNC(=O)OC(C)(C)C. The van der Waals surface area contributed by atoms with Gasteiger partial charge in [-0.15, -0.1) is 0 Å². The first-order chi connectivity index (χ1) is 12.1. The fourth-order valence-electron chi connectivity index (χ4n) is 2.27. The molecular weight excluding hydrogens is 340 g/mol. The van der Waals surface area contributed by atoms with Crippen LogP contribution in [0.25, 0.3) is 0 Å². The summed E-state index contributed by atoms with van der Waals surface area (Å²) in [7, 11) is 1.51. The summed E-state index contributed by atoms with van der Waals surface area (Å²) in [6.45, 7) is 6.67. The van der Waals surface area contributed by atoms with Crippen LogP contribution in [0.3, 0.4) is 0 Å². The fraction of sp³-hybridized carbons (Fsp3) is 0.500. The minimum Gasteiger partial charge on any atom is -0.454 e. The van der Waals surface area contributed by atoms with Crippen LogP contribution in [0.15, 0.2) is 18.2 Å². The molecule has 1 unspecified atom stereocenters. The van der Waals surface area contributed by atoms with E-state index in [-0.39, 0.29) is 19.1 Å². The normalized spacial score (nSPS) is 13.7. The molecule has 1 aromatic carbocycles. The monoisotopic (exact) mass is 364 g/mol. The molecule has 1 atom stereocenters. The molecule has 1 aliphatic heterocycles. The summed E-state index contributed by atoms with van der Waals surface area (Å²) in [4.78, 5) is 37.8. The van der Waals surface area contributed by atoms with Crippen LogP contribution in [0, 0.1) is 0 Å². The summed E-state index contributed by atoms with van der Waals surface area (Å²) in [5, 5.41) is 2.39. The van der Waals surface area contributed by atoms with Crippen LogP contribution in [0.5, 0.6) is 11.5 Å². The van der Waals surface area contributed by atoms with Gasteiger partial charge in [0.15, 0.2) is 17.3 Å². The second-order valence-electron chi connectivity index (χ2n) is 6.97. The number of likely N-dealkylation sites (N-methyl/N-ethyl adjacent to an activating group) is 1. The Bertz CT molecular complexity index is 710. The van der Waals surface area contributed by atoms with Gasteiger partial charge in [0.2, 0.25) is 12.7 Å². The van der Waals surface area contributed by atoms with E-state index in [1.165, 1.54) is 11.9 Å². The van der Waals surface area contributed by atoms with Gasteiger partial charge >= 0.3 is 6.09 Å². The Morgan fingerprint density at radius 1 is 1.23 bits per heavy atom. The van der Waals surface area contributed by atoms with Crippen LogP contribution in [0.1, 0.15) is 38.1 Å². The molecule has 8 nitrogen and oxygen atoms in total. The quantitative estimate of drug-likeness (QED) is 0.803. The second-order valence-corrected chi connectivity index (χ2v) is 6.97. The van der Waals surface area contributed by atoms with Crippen molar-refractivity contribution in [1.82, 2.24) is 10.2 Å². The number of hydrogen-bond donors (Lipinski definition) is 1. The highest BCUT2D eigenvalue weighted by Crippen LogP contribution is 2.32. The highest BCUT2D eigenvalue weighted by Gasteiger charge is 2.26. The smallest absolute Gasteiger partial charge is 0.408 e. The second kappa shape index (κ2) is 7.63. The average Bonchev–Trinajstić information content (AvgIpc) is 3.03. The van der Waals surface area contributed by atoms with Crippen molar-refractivity contribution in [3.8, 4) is 11.5 Å². The Balaban J connectivity index is 1.93. The third-order valence-corrected chi connectivity index (χ3v) is 3.79. The van der Waals surface area contributed by atoms with E-state index >= 15 is 0 Å². The number of ether oxygens (including phenoxy) is 3. The lowest BCUT2D eigenvalue weighted by Gasteiger charge is -2.25. The molecule has 1 aromatic rings. The van der Waals surface area contributed by atoms with Gasteiger partial charge in [-0.25, -0.2) is 4.79 Å². The Labute approximate surface area is 152 Å². The maximum Gasteiger partial charge on any atom is 0.408 e. The molecule has 0 spiro atoms. The number of alkyl carbamates (subject to hydrolysis) is 1. The molecule has 26 heavy (non-hydrogen) atoms. The largest absolute Gasteiger partial charge is 0.454 e. The number of carbonyl (C=O) groups is 3. The standard InChI is InChI=1S/C18H24N2O6/c1-11(16(22)12-6-7-13-14(8-12)25-10-24-13)20(5)15(21)9-19-17(23)26-18(2,3)4/h6-8,11H,9-10H2,1-5H3,(H,19,23). The van der Waals surface area contributed by atoms with Gasteiger partial charge in [0, 0.05) is 12.6 Å². The number of ketones is 1. The molecule has 2 amide bonds. The van der Waals surface area contributed by atoms with Gasteiger partial charge in [-0.2, -0.15) is 0 Å². The predicted molar refractivity (Wildman–Crippen MR) is 93.4 cm³/mol. The molecule has 1 heterocycles. The summed E-state index contributed by atoms with van der Waals surface area (Å²) in [5.41, 5.74) is -0.233. The first-order valence-electron chi connectivity index (χ1n) is 8.25. The summed E-state index contributed by atoms with van der Waals surface area (Å²) >= 11 is 0. The van der Waals surface area contributed by atoms with Gasteiger partial charge < -0.3 is 24.4 Å². The Hall–Kier alpha value is -2.77. The van der Waals surface area contributed by atoms with Crippen molar-refractivity contribution in [2.24, 2.45) is 0 Å². The Morgan fingerprint density at radius 2 is 1.88 bits per heavy atom. The third kappa shape index (κ3) is 4.87. The Kier molecular flexibility index (Phi) is 5.74. The molecule has 0 fully saturated rings. The summed E-state index contributed by atoms with van der Waals surface area (Å²) in [6, 6.07) is 4.18.